The lowest BCUT2D eigenvalue weighted by Gasteiger charge is -2.24. The molecule has 118 valence electrons. The molecule has 0 fully saturated rings. The van der Waals surface area contributed by atoms with Crippen LogP contribution in [0.25, 0.3) is 0 Å². The summed E-state index contributed by atoms with van der Waals surface area (Å²) in [6.45, 7) is 2.81. The molecule has 0 radical (unpaired) electrons. The van der Waals surface area contributed by atoms with Gasteiger partial charge in [0.25, 0.3) is 0 Å². The number of nitrogen functional groups attached to an aromatic ring is 1. The summed E-state index contributed by atoms with van der Waals surface area (Å²) < 4.78 is 0. The van der Waals surface area contributed by atoms with Gasteiger partial charge >= 0.3 is 0 Å². The van der Waals surface area contributed by atoms with Crippen LogP contribution in [0.15, 0.2) is 24.3 Å². The molecule has 7 heteroatoms. The average molecular weight is 321 g/mol. The van der Waals surface area contributed by atoms with Gasteiger partial charge in [0.1, 0.15) is 0 Å². The highest BCUT2D eigenvalue weighted by atomic mass is 35.5. The van der Waals surface area contributed by atoms with Crippen molar-refractivity contribution in [2.45, 2.75) is 19.5 Å². The van der Waals surface area contributed by atoms with Crippen molar-refractivity contribution in [3.63, 3.8) is 0 Å². The Labute approximate surface area is 135 Å². The molecule has 0 saturated carbocycles. The van der Waals surface area contributed by atoms with E-state index in [1.807, 2.05) is 57.2 Å². The number of rotatable bonds is 5. The van der Waals surface area contributed by atoms with Crippen LogP contribution in [-0.4, -0.2) is 41.0 Å². The molecule has 0 aliphatic heterocycles. The smallest absolute Gasteiger partial charge is 0.229 e. The highest BCUT2D eigenvalue weighted by Crippen LogP contribution is 2.20. The zero-order valence-electron chi connectivity index (χ0n) is 13.3. The van der Waals surface area contributed by atoms with E-state index in [0.29, 0.717) is 11.8 Å². The van der Waals surface area contributed by atoms with Crippen LogP contribution in [0.5, 0.6) is 0 Å². The van der Waals surface area contributed by atoms with E-state index in [4.69, 9.17) is 17.3 Å². The molecule has 6 nitrogen and oxygen atoms in total. The van der Waals surface area contributed by atoms with Gasteiger partial charge in [0.15, 0.2) is 5.82 Å². The van der Waals surface area contributed by atoms with E-state index in [0.717, 1.165) is 11.6 Å². The first-order chi connectivity index (χ1) is 10.4. The largest absolute Gasteiger partial charge is 0.368 e. The lowest BCUT2D eigenvalue weighted by molar-refractivity contribution is 0.243. The Morgan fingerprint density at radius 3 is 2.32 bits per heavy atom. The van der Waals surface area contributed by atoms with Crippen molar-refractivity contribution < 1.29 is 0 Å². The third-order valence-electron chi connectivity index (χ3n) is 3.44. The fraction of sp³-hybridized carbons (Fsp3) is 0.400. The maximum atomic E-state index is 5.91. The molecule has 1 heterocycles. The molecule has 1 atom stereocenters. The third kappa shape index (κ3) is 4.05. The molecule has 0 aliphatic carbocycles. The second-order valence-corrected chi connectivity index (χ2v) is 5.90. The van der Waals surface area contributed by atoms with Crippen molar-refractivity contribution in [2.24, 2.45) is 0 Å². The highest BCUT2D eigenvalue weighted by Gasteiger charge is 2.17. The second-order valence-electron chi connectivity index (χ2n) is 5.46. The number of hydrogen-bond acceptors (Lipinski definition) is 6. The van der Waals surface area contributed by atoms with Crippen LogP contribution < -0.4 is 10.6 Å². The molecular formula is C15H21ClN6. The molecule has 0 aliphatic rings. The van der Waals surface area contributed by atoms with Crippen molar-refractivity contribution in [2.75, 3.05) is 31.8 Å². The summed E-state index contributed by atoms with van der Waals surface area (Å²) in [6.07, 6.45) is 0. The molecule has 0 bridgehead atoms. The van der Waals surface area contributed by atoms with Gasteiger partial charge in [-0.1, -0.05) is 23.7 Å². The standard InChI is InChI=1S/C15H21ClN6/c1-10(13-18-14(17)20-15(19-13)21(2)3)22(4)9-11-5-7-12(16)8-6-11/h5-8,10H,9H2,1-4H3,(H2,17,18,19,20). The number of benzene rings is 1. The van der Waals surface area contributed by atoms with Crippen LogP contribution in [0.4, 0.5) is 11.9 Å². The second kappa shape index (κ2) is 6.89. The van der Waals surface area contributed by atoms with Crippen molar-refractivity contribution in [3.8, 4) is 0 Å². The fourth-order valence-corrected chi connectivity index (χ4v) is 2.12. The molecule has 1 aromatic carbocycles. The number of nitrogens with zero attached hydrogens (tertiary/aromatic N) is 5. The molecule has 2 N–H and O–H groups in total. The number of halogens is 1. The Balaban J connectivity index is 2.16. The van der Waals surface area contributed by atoms with Gasteiger partial charge in [-0.25, -0.2) is 0 Å². The minimum Gasteiger partial charge on any atom is -0.368 e. The molecule has 1 aromatic heterocycles. The van der Waals surface area contributed by atoms with Crippen molar-refractivity contribution in [1.29, 1.82) is 0 Å². The summed E-state index contributed by atoms with van der Waals surface area (Å²) in [6, 6.07) is 7.82. The first kappa shape index (κ1) is 16.5. The monoisotopic (exact) mass is 320 g/mol. The normalized spacial score (nSPS) is 12.5. The molecule has 0 amide bonds. The molecule has 0 saturated heterocycles. The first-order valence-corrected chi connectivity index (χ1v) is 7.38. The highest BCUT2D eigenvalue weighted by molar-refractivity contribution is 6.30. The van der Waals surface area contributed by atoms with Gasteiger partial charge in [0, 0.05) is 25.7 Å². The minimum atomic E-state index is 0.0136. The van der Waals surface area contributed by atoms with Crippen molar-refractivity contribution in [1.82, 2.24) is 19.9 Å². The number of anilines is 2. The predicted octanol–water partition coefficient (Wildman–Crippen LogP) is 2.37. The number of hydrogen-bond donors (Lipinski definition) is 1. The van der Waals surface area contributed by atoms with Gasteiger partial charge in [-0.2, -0.15) is 15.0 Å². The minimum absolute atomic E-state index is 0.0136. The van der Waals surface area contributed by atoms with Gasteiger partial charge in [-0.3, -0.25) is 4.90 Å². The maximum Gasteiger partial charge on any atom is 0.229 e. The van der Waals surface area contributed by atoms with Gasteiger partial charge in [0.2, 0.25) is 11.9 Å². The quantitative estimate of drug-likeness (QED) is 0.912. The Bertz CT molecular complexity index is 628. The van der Waals surface area contributed by atoms with E-state index in [2.05, 4.69) is 19.9 Å². The van der Waals surface area contributed by atoms with E-state index >= 15 is 0 Å². The Morgan fingerprint density at radius 1 is 1.09 bits per heavy atom. The summed E-state index contributed by atoms with van der Waals surface area (Å²) in [5.74, 6) is 1.46. The third-order valence-corrected chi connectivity index (χ3v) is 3.69. The number of nitrogens with two attached hydrogens (primary N) is 1. The van der Waals surface area contributed by atoms with Crippen LogP contribution in [-0.2, 0) is 6.54 Å². The van der Waals surface area contributed by atoms with Gasteiger partial charge < -0.3 is 10.6 Å². The lowest BCUT2D eigenvalue weighted by Crippen LogP contribution is -2.25. The summed E-state index contributed by atoms with van der Waals surface area (Å²) in [4.78, 5) is 16.8. The summed E-state index contributed by atoms with van der Waals surface area (Å²) in [5, 5.41) is 0.736. The SMILES string of the molecule is CC(c1nc(N)nc(N(C)C)n1)N(C)Cc1ccc(Cl)cc1. The van der Waals surface area contributed by atoms with Crippen LogP contribution in [0, 0.1) is 0 Å². The summed E-state index contributed by atoms with van der Waals surface area (Å²) in [7, 11) is 5.77. The Kier molecular flexibility index (Phi) is 5.15. The molecule has 1 unspecified atom stereocenters. The fourth-order valence-electron chi connectivity index (χ4n) is 2.00. The number of aromatic nitrogens is 3. The van der Waals surface area contributed by atoms with Crippen LogP contribution in [0.3, 0.4) is 0 Å². The molecular weight excluding hydrogens is 300 g/mol. The zero-order chi connectivity index (χ0) is 16.3. The lowest BCUT2D eigenvalue weighted by atomic mass is 10.2. The zero-order valence-corrected chi connectivity index (χ0v) is 14.0. The molecule has 0 spiro atoms. The van der Waals surface area contributed by atoms with Crippen molar-refractivity contribution >= 4 is 23.5 Å². The Hall–Kier alpha value is -1.92. The molecule has 22 heavy (non-hydrogen) atoms. The van der Waals surface area contributed by atoms with Crippen LogP contribution in [0.2, 0.25) is 5.02 Å². The Morgan fingerprint density at radius 2 is 1.73 bits per heavy atom. The van der Waals surface area contributed by atoms with Crippen molar-refractivity contribution in [3.05, 3.63) is 40.7 Å². The van der Waals surface area contributed by atoms with E-state index in [1.165, 1.54) is 5.56 Å². The molecule has 2 aromatic rings. The van der Waals surface area contributed by atoms with E-state index in [1.54, 1.807) is 0 Å². The van der Waals surface area contributed by atoms with E-state index in [9.17, 15) is 0 Å². The summed E-state index contributed by atoms with van der Waals surface area (Å²) >= 11 is 5.91. The first-order valence-electron chi connectivity index (χ1n) is 7.00. The van der Waals surface area contributed by atoms with Gasteiger partial charge in [0.05, 0.1) is 6.04 Å². The predicted molar refractivity (Wildman–Crippen MR) is 89.9 cm³/mol. The van der Waals surface area contributed by atoms with Crippen LogP contribution in [0.1, 0.15) is 24.4 Å². The van der Waals surface area contributed by atoms with Gasteiger partial charge in [-0.15, -0.1) is 0 Å². The van der Waals surface area contributed by atoms with E-state index in [-0.39, 0.29) is 12.0 Å². The molecule has 2 rings (SSSR count). The van der Waals surface area contributed by atoms with Gasteiger partial charge in [-0.05, 0) is 31.7 Å². The summed E-state index contributed by atoms with van der Waals surface area (Å²) in [5.41, 5.74) is 6.96. The average Bonchev–Trinajstić information content (AvgIpc) is 2.48. The topological polar surface area (TPSA) is 71.2 Å². The van der Waals surface area contributed by atoms with Crippen LogP contribution >= 0.6 is 11.6 Å². The maximum absolute atomic E-state index is 5.91. The van der Waals surface area contributed by atoms with E-state index < -0.39 is 0 Å².